The van der Waals surface area contributed by atoms with Crippen LogP contribution in [-0.4, -0.2) is 51.7 Å². The molecule has 4 rings (SSSR count). The van der Waals surface area contributed by atoms with E-state index in [1.165, 1.54) is 18.2 Å². The number of aromatic amines is 1. The number of hydrogen-bond acceptors (Lipinski definition) is 8. The molecule has 2 atom stereocenters. The highest BCUT2D eigenvalue weighted by molar-refractivity contribution is 7.84. The van der Waals surface area contributed by atoms with Crippen LogP contribution in [0.1, 0.15) is 24.8 Å². The van der Waals surface area contributed by atoms with Gasteiger partial charge in [0.15, 0.2) is 11.5 Å². The highest BCUT2D eigenvalue weighted by atomic mass is 32.2. The summed E-state index contributed by atoms with van der Waals surface area (Å²) in [6, 6.07) is 4.96. The Labute approximate surface area is 180 Å². The van der Waals surface area contributed by atoms with Crippen LogP contribution in [0.15, 0.2) is 30.6 Å². The standard InChI is InChI=1S/C18H19F3N6O4S/c19-18(20,21)11-5-2-1-4-10(11)14-25-13-15(26-14)23-9-24-16(13)27-17(7-3-6-12(17)28)8-31-32(22,29)30/h1-2,4-5,9,12,28H,3,6-8H2,(H2,22,29,30)(H2,23,24,25,26,27)/t12-,17-/m0/s1. The zero-order valence-corrected chi connectivity index (χ0v) is 17.2. The van der Waals surface area contributed by atoms with Crippen molar-refractivity contribution in [2.45, 2.75) is 37.1 Å². The summed E-state index contributed by atoms with van der Waals surface area (Å²) >= 11 is 0. The van der Waals surface area contributed by atoms with Crippen molar-refractivity contribution in [3.63, 3.8) is 0 Å². The molecule has 10 nitrogen and oxygen atoms in total. The largest absolute Gasteiger partial charge is 0.417 e. The van der Waals surface area contributed by atoms with Crippen molar-refractivity contribution in [3.8, 4) is 11.4 Å². The maximum absolute atomic E-state index is 13.4. The Bertz CT molecular complexity index is 1250. The van der Waals surface area contributed by atoms with Crippen molar-refractivity contribution >= 4 is 27.3 Å². The first kappa shape index (κ1) is 22.4. The molecule has 1 saturated carbocycles. The number of alkyl halides is 3. The fourth-order valence-electron chi connectivity index (χ4n) is 3.81. The Morgan fingerprint density at radius 2 is 2.06 bits per heavy atom. The highest BCUT2D eigenvalue weighted by Gasteiger charge is 2.44. The molecular weight excluding hydrogens is 453 g/mol. The van der Waals surface area contributed by atoms with Gasteiger partial charge in [-0.1, -0.05) is 18.2 Å². The quantitative estimate of drug-likeness (QED) is 0.424. The van der Waals surface area contributed by atoms with E-state index in [2.05, 4.69) is 25.3 Å². The first-order valence-electron chi connectivity index (χ1n) is 9.49. The number of anilines is 1. The lowest BCUT2D eigenvalue weighted by Gasteiger charge is -2.33. The predicted octanol–water partition coefficient (Wildman–Crippen LogP) is 1.95. The number of benzene rings is 1. The molecule has 0 spiro atoms. The molecule has 0 saturated heterocycles. The second-order valence-corrected chi connectivity index (χ2v) is 8.72. The minimum atomic E-state index is -4.59. The van der Waals surface area contributed by atoms with Gasteiger partial charge in [-0.3, -0.25) is 4.18 Å². The maximum atomic E-state index is 13.4. The molecular formula is C18H19F3N6O4S. The van der Waals surface area contributed by atoms with Crippen molar-refractivity contribution in [1.29, 1.82) is 0 Å². The summed E-state index contributed by atoms with van der Waals surface area (Å²) in [6.07, 6.45) is -3.13. The van der Waals surface area contributed by atoms with E-state index in [-0.39, 0.29) is 28.4 Å². The van der Waals surface area contributed by atoms with E-state index in [0.29, 0.717) is 19.3 Å². The Morgan fingerprint density at radius 3 is 2.72 bits per heavy atom. The molecule has 0 aliphatic heterocycles. The van der Waals surface area contributed by atoms with Crippen LogP contribution in [-0.2, 0) is 20.7 Å². The van der Waals surface area contributed by atoms with Crippen LogP contribution in [0.4, 0.5) is 19.0 Å². The van der Waals surface area contributed by atoms with E-state index >= 15 is 0 Å². The molecule has 1 aliphatic rings. The van der Waals surface area contributed by atoms with Gasteiger partial charge in [0.25, 0.3) is 0 Å². The number of H-pyrrole nitrogens is 1. The monoisotopic (exact) mass is 472 g/mol. The third kappa shape index (κ3) is 4.39. The van der Waals surface area contributed by atoms with Crippen molar-refractivity contribution < 1.29 is 30.9 Å². The number of halogens is 3. The van der Waals surface area contributed by atoms with Gasteiger partial charge in [-0.05, 0) is 25.3 Å². The van der Waals surface area contributed by atoms with Crippen LogP contribution in [0.2, 0.25) is 0 Å². The number of aliphatic hydroxyl groups excluding tert-OH is 1. The van der Waals surface area contributed by atoms with Gasteiger partial charge in [0.1, 0.15) is 17.7 Å². The molecule has 14 heteroatoms. The molecule has 1 aliphatic carbocycles. The van der Waals surface area contributed by atoms with E-state index in [1.54, 1.807) is 0 Å². The number of nitrogens with zero attached hydrogens (tertiary/aromatic N) is 3. The van der Waals surface area contributed by atoms with Gasteiger partial charge >= 0.3 is 16.5 Å². The smallest absolute Gasteiger partial charge is 0.391 e. The number of nitrogens with one attached hydrogen (secondary N) is 2. The van der Waals surface area contributed by atoms with Gasteiger partial charge in [0, 0.05) is 5.56 Å². The van der Waals surface area contributed by atoms with Gasteiger partial charge in [0.05, 0.1) is 23.8 Å². The molecule has 5 N–H and O–H groups in total. The molecule has 172 valence electrons. The van der Waals surface area contributed by atoms with Crippen molar-refractivity contribution in [2.75, 3.05) is 11.9 Å². The molecule has 1 aromatic carbocycles. The van der Waals surface area contributed by atoms with Crippen LogP contribution in [0.3, 0.4) is 0 Å². The Morgan fingerprint density at radius 1 is 1.31 bits per heavy atom. The van der Waals surface area contributed by atoms with Crippen molar-refractivity contribution in [1.82, 2.24) is 19.9 Å². The van der Waals surface area contributed by atoms with E-state index in [1.807, 2.05) is 0 Å². The maximum Gasteiger partial charge on any atom is 0.417 e. The average Bonchev–Trinajstić information content (AvgIpc) is 3.30. The van der Waals surface area contributed by atoms with Gasteiger partial charge in [0.2, 0.25) is 0 Å². The average molecular weight is 472 g/mol. The Kier molecular flexibility index (Phi) is 5.56. The number of hydrogen-bond donors (Lipinski definition) is 4. The topological polar surface area (TPSA) is 156 Å². The molecule has 0 amide bonds. The number of fused-ring (bicyclic) bond motifs is 1. The first-order chi connectivity index (χ1) is 15.0. The molecule has 3 aromatic rings. The fraction of sp³-hybridized carbons (Fsp3) is 0.389. The van der Waals surface area contributed by atoms with Crippen LogP contribution in [0, 0.1) is 0 Å². The highest BCUT2D eigenvalue weighted by Crippen LogP contribution is 2.38. The summed E-state index contributed by atoms with van der Waals surface area (Å²) in [6.45, 7) is -0.462. The van der Waals surface area contributed by atoms with E-state index in [4.69, 9.17) is 9.32 Å². The van der Waals surface area contributed by atoms with Crippen LogP contribution >= 0.6 is 0 Å². The lowest BCUT2D eigenvalue weighted by Crippen LogP contribution is -2.50. The number of aromatic nitrogens is 4. The van der Waals surface area contributed by atoms with Crippen molar-refractivity contribution in [3.05, 3.63) is 36.2 Å². The van der Waals surface area contributed by atoms with Crippen LogP contribution in [0.5, 0.6) is 0 Å². The fourth-order valence-corrected chi connectivity index (χ4v) is 4.19. The lowest BCUT2D eigenvalue weighted by atomic mass is 9.96. The van der Waals surface area contributed by atoms with Crippen molar-refractivity contribution in [2.24, 2.45) is 5.14 Å². The summed E-state index contributed by atoms with van der Waals surface area (Å²) in [5, 5.41) is 18.4. The summed E-state index contributed by atoms with van der Waals surface area (Å²) in [4.78, 5) is 15.1. The van der Waals surface area contributed by atoms with Gasteiger partial charge in [-0.2, -0.15) is 21.6 Å². The zero-order chi connectivity index (χ0) is 23.1. The summed E-state index contributed by atoms with van der Waals surface area (Å²) in [5.41, 5.74) is -2.00. The third-order valence-corrected chi connectivity index (χ3v) is 5.81. The van der Waals surface area contributed by atoms with E-state index in [9.17, 15) is 26.7 Å². The SMILES string of the molecule is NS(=O)(=O)OC[C@@]1(Nc2ncnc3nc(-c4ccccc4C(F)(F)F)[nH]c23)CCC[C@@H]1O. The Hall–Kier alpha value is -2.81. The molecule has 2 aromatic heterocycles. The molecule has 1 fully saturated rings. The second-order valence-electron chi connectivity index (χ2n) is 7.49. The number of nitrogens with two attached hydrogens (primary N) is 1. The summed E-state index contributed by atoms with van der Waals surface area (Å²) in [5.74, 6) is 0.0514. The Balaban J connectivity index is 1.75. The molecule has 0 radical (unpaired) electrons. The molecule has 0 unspecified atom stereocenters. The predicted molar refractivity (Wildman–Crippen MR) is 107 cm³/mol. The number of aliphatic hydroxyl groups is 1. The second kappa shape index (κ2) is 7.95. The summed E-state index contributed by atoms with van der Waals surface area (Å²) in [7, 11) is -4.27. The van der Waals surface area contributed by atoms with Gasteiger partial charge in [-0.25, -0.2) is 20.1 Å². The van der Waals surface area contributed by atoms with Crippen LogP contribution < -0.4 is 10.5 Å². The van der Waals surface area contributed by atoms with Crippen LogP contribution in [0.25, 0.3) is 22.6 Å². The van der Waals surface area contributed by atoms with Gasteiger partial charge in [-0.15, -0.1) is 0 Å². The minimum Gasteiger partial charge on any atom is -0.391 e. The van der Waals surface area contributed by atoms with Gasteiger partial charge < -0.3 is 15.4 Å². The normalized spacial score (nSPS) is 21.8. The zero-order valence-electron chi connectivity index (χ0n) is 16.4. The van der Waals surface area contributed by atoms with E-state index < -0.39 is 40.3 Å². The first-order valence-corrected chi connectivity index (χ1v) is 11.0. The molecule has 0 bridgehead atoms. The van der Waals surface area contributed by atoms with E-state index in [0.717, 1.165) is 12.4 Å². The molecule has 2 heterocycles. The summed E-state index contributed by atoms with van der Waals surface area (Å²) < 4.78 is 67.6. The third-order valence-electron chi connectivity index (χ3n) is 5.36. The lowest BCUT2D eigenvalue weighted by molar-refractivity contribution is -0.137. The minimum absolute atomic E-state index is 0.0710. The number of imidazole rings is 1. The number of rotatable bonds is 6. The molecule has 32 heavy (non-hydrogen) atoms.